The number of nitrogens with one attached hydrogen (secondary N) is 1. The summed E-state index contributed by atoms with van der Waals surface area (Å²) < 4.78 is 21.3. The maximum absolute atomic E-state index is 11.5. The molecule has 0 radical (unpaired) electrons. The molecular formula is C21H18N2O5. The van der Waals surface area contributed by atoms with Crippen LogP contribution in [0, 0.1) is 0 Å². The van der Waals surface area contributed by atoms with Crippen LogP contribution in [0.15, 0.2) is 59.0 Å². The number of aromatic nitrogens is 2. The van der Waals surface area contributed by atoms with Gasteiger partial charge in [-0.3, -0.25) is 0 Å². The van der Waals surface area contributed by atoms with E-state index < -0.39 is 5.97 Å². The van der Waals surface area contributed by atoms with Gasteiger partial charge in [-0.1, -0.05) is 12.1 Å². The van der Waals surface area contributed by atoms with Crippen LogP contribution in [0.1, 0.15) is 16.3 Å². The number of para-hydroxylation sites is 2. The number of furan rings is 1. The molecular weight excluding hydrogens is 360 g/mol. The standard InChI is InChI=1S/C21H18N2O5/c1-25-19-11-13(20-22-15-5-3-4-6-16(15)23-20)7-9-17(19)27-12-14-8-10-18(28-14)21(24)26-2/h3-11H,12H2,1-2H3,(H,22,23). The molecule has 142 valence electrons. The summed E-state index contributed by atoms with van der Waals surface area (Å²) in [5.41, 5.74) is 2.75. The van der Waals surface area contributed by atoms with Crippen LogP contribution in [-0.4, -0.2) is 30.2 Å². The van der Waals surface area contributed by atoms with Gasteiger partial charge in [0.25, 0.3) is 0 Å². The van der Waals surface area contributed by atoms with Gasteiger partial charge in [0, 0.05) is 5.56 Å². The molecule has 2 aromatic heterocycles. The van der Waals surface area contributed by atoms with Crippen LogP contribution < -0.4 is 9.47 Å². The van der Waals surface area contributed by atoms with Gasteiger partial charge in [-0.15, -0.1) is 0 Å². The molecule has 7 heteroatoms. The number of H-pyrrole nitrogens is 1. The summed E-state index contributed by atoms with van der Waals surface area (Å²) in [6.45, 7) is 0.150. The topological polar surface area (TPSA) is 86.6 Å². The van der Waals surface area contributed by atoms with E-state index in [2.05, 4.69) is 14.7 Å². The van der Waals surface area contributed by atoms with Gasteiger partial charge < -0.3 is 23.6 Å². The lowest BCUT2D eigenvalue weighted by Crippen LogP contribution is -1.99. The van der Waals surface area contributed by atoms with E-state index in [4.69, 9.17) is 13.9 Å². The fraction of sp³-hybridized carbons (Fsp3) is 0.143. The van der Waals surface area contributed by atoms with E-state index in [0.29, 0.717) is 17.3 Å². The Labute approximate surface area is 160 Å². The molecule has 4 rings (SSSR count). The van der Waals surface area contributed by atoms with Crippen LogP contribution >= 0.6 is 0 Å². The van der Waals surface area contributed by atoms with E-state index >= 15 is 0 Å². The summed E-state index contributed by atoms with van der Waals surface area (Å²) in [4.78, 5) is 19.3. The van der Waals surface area contributed by atoms with Crippen molar-refractivity contribution in [2.24, 2.45) is 0 Å². The average Bonchev–Trinajstić information content (AvgIpc) is 3.38. The first-order chi connectivity index (χ1) is 13.7. The first kappa shape index (κ1) is 17.7. The number of hydrogen-bond acceptors (Lipinski definition) is 6. The van der Waals surface area contributed by atoms with Gasteiger partial charge >= 0.3 is 5.97 Å². The largest absolute Gasteiger partial charge is 0.493 e. The zero-order valence-corrected chi connectivity index (χ0v) is 15.4. The molecule has 2 heterocycles. The van der Waals surface area contributed by atoms with Gasteiger partial charge in [0.1, 0.15) is 18.2 Å². The third-order valence-electron chi connectivity index (χ3n) is 4.24. The highest BCUT2D eigenvalue weighted by Gasteiger charge is 2.13. The zero-order chi connectivity index (χ0) is 19.5. The average molecular weight is 378 g/mol. The minimum absolute atomic E-state index is 0.133. The van der Waals surface area contributed by atoms with Crippen LogP contribution in [-0.2, 0) is 11.3 Å². The highest BCUT2D eigenvalue weighted by Crippen LogP contribution is 2.33. The molecule has 0 aliphatic carbocycles. The smallest absolute Gasteiger partial charge is 0.373 e. The van der Waals surface area contributed by atoms with Gasteiger partial charge in [-0.05, 0) is 42.5 Å². The number of aromatic amines is 1. The zero-order valence-electron chi connectivity index (χ0n) is 15.4. The van der Waals surface area contributed by atoms with Gasteiger partial charge in [-0.25, -0.2) is 9.78 Å². The van der Waals surface area contributed by atoms with E-state index in [1.807, 2.05) is 42.5 Å². The molecule has 0 fully saturated rings. The minimum atomic E-state index is -0.529. The summed E-state index contributed by atoms with van der Waals surface area (Å²) in [5, 5.41) is 0. The number of fused-ring (bicyclic) bond motifs is 1. The molecule has 0 saturated carbocycles. The number of hydrogen-bond donors (Lipinski definition) is 1. The first-order valence-corrected chi connectivity index (χ1v) is 8.61. The van der Waals surface area contributed by atoms with Crippen LogP contribution in [0.5, 0.6) is 11.5 Å². The summed E-state index contributed by atoms with van der Waals surface area (Å²) in [5.74, 6) is 1.98. The van der Waals surface area contributed by atoms with Crippen molar-refractivity contribution in [3.63, 3.8) is 0 Å². The molecule has 0 atom stereocenters. The van der Waals surface area contributed by atoms with Crippen molar-refractivity contribution in [2.75, 3.05) is 14.2 Å². The van der Waals surface area contributed by atoms with Crippen LogP contribution in [0.2, 0.25) is 0 Å². The molecule has 28 heavy (non-hydrogen) atoms. The number of esters is 1. The Bertz CT molecular complexity index is 1100. The predicted octanol–water partition coefficient (Wildman–Crippen LogP) is 4.20. The molecule has 0 aliphatic rings. The Morgan fingerprint density at radius 1 is 1.07 bits per heavy atom. The molecule has 0 amide bonds. The van der Waals surface area contributed by atoms with Crippen molar-refractivity contribution >= 4 is 17.0 Å². The lowest BCUT2D eigenvalue weighted by molar-refractivity contribution is 0.0561. The fourth-order valence-electron chi connectivity index (χ4n) is 2.84. The number of carbonyl (C=O) groups excluding carboxylic acids is 1. The van der Waals surface area contributed by atoms with E-state index in [-0.39, 0.29) is 12.4 Å². The molecule has 0 unspecified atom stereocenters. The monoisotopic (exact) mass is 378 g/mol. The van der Waals surface area contributed by atoms with Gasteiger partial charge in [0.05, 0.1) is 25.3 Å². The fourth-order valence-corrected chi connectivity index (χ4v) is 2.84. The lowest BCUT2D eigenvalue weighted by Gasteiger charge is -2.10. The van der Waals surface area contributed by atoms with Crippen molar-refractivity contribution < 1.29 is 23.4 Å². The highest BCUT2D eigenvalue weighted by atomic mass is 16.5. The minimum Gasteiger partial charge on any atom is -0.493 e. The molecule has 4 aromatic rings. The quantitative estimate of drug-likeness (QED) is 0.506. The number of nitrogens with zero attached hydrogens (tertiary/aromatic N) is 1. The van der Waals surface area contributed by atoms with E-state index in [1.54, 1.807) is 19.2 Å². The third kappa shape index (κ3) is 3.42. The lowest BCUT2D eigenvalue weighted by atomic mass is 10.2. The number of rotatable bonds is 6. The SMILES string of the molecule is COC(=O)c1ccc(COc2ccc(-c3nc4ccccc4[nH]3)cc2OC)o1. The maximum atomic E-state index is 11.5. The summed E-state index contributed by atoms with van der Waals surface area (Å²) in [6.07, 6.45) is 0. The summed E-state index contributed by atoms with van der Waals surface area (Å²) in [6, 6.07) is 16.6. The highest BCUT2D eigenvalue weighted by molar-refractivity contribution is 5.86. The Balaban J connectivity index is 1.53. The maximum Gasteiger partial charge on any atom is 0.373 e. The van der Waals surface area contributed by atoms with Crippen LogP contribution in [0.25, 0.3) is 22.4 Å². The molecule has 0 bridgehead atoms. The Morgan fingerprint density at radius 3 is 2.71 bits per heavy atom. The van der Waals surface area contributed by atoms with Gasteiger partial charge in [0.15, 0.2) is 11.5 Å². The second-order valence-electron chi connectivity index (χ2n) is 6.01. The summed E-state index contributed by atoms with van der Waals surface area (Å²) in [7, 11) is 2.88. The van der Waals surface area contributed by atoms with Crippen molar-refractivity contribution in [3.8, 4) is 22.9 Å². The summed E-state index contributed by atoms with van der Waals surface area (Å²) >= 11 is 0. The van der Waals surface area contributed by atoms with Crippen molar-refractivity contribution in [2.45, 2.75) is 6.61 Å². The predicted molar refractivity (Wildman–Crippen MR) is 102 cm³/mol. The Kier molecular flexibility index (Phi) is 4.72. The molecule has 0 spiro atoms. The number of carbonyl (C=O) groups is 1. The van der Waals surface area contributed by atoms with Crippen molar-refractivity contribution in [1.82, 2.24) is 9.97 Å². The molecule has 1 N–H and O–H groups in total. The molecule has 0 saturated heterocycles. The van der Waals surface area contributed by atoms with E-state index in [9.17, 15) is 4.79 Å². The van der Waals surface area contributed by atoms with Crippen molar-refractivity contribution in [3.05, 3.63) is 66.1 Å². The van der Waals surface area contributed by atoms with Crippen LogP contribution in [0.4, 0.5) is 0 Å². The second kappa shape index (κ2) is 7.48. The van der Waals surface area contributed by atoms with E-state index in [1.165, 1.54) is 7.11 Å². The molecule has 0 aliphatic heterocycles. The number of ether oxygens (including phenoxy) is 3. The number of methoxy groups -OCH3 is 2. The normalized spacial score (nSPS) is 10.8. The first-order valence-electron chi connectivity index (χ1n) is 8.61. The molecule has 2 aromatic carbocycles. The number of benzene rings is 2. The second-order valence-corrected chi connectivity index (χ2v) is 6.01. The molecule has 7 nitrogen and oxygen atoms in total. The van der Waals surface area contributed by atoms with E-state index in [0.717, 1.165) is 22.4 Å². The van der Waals surface area contributed by atoms with Gasteiger partial charge in [-0.2, -0.15) is 0 Å². The van der Waals surface area contributed by atoms with Gasteiger partial charge in [0.2, 0.25) is 5.76 Å². The number of imidazole rings is 1. The van der Waals surface area contributed by atoms with Crippen LogP contribution in [0.3, 0.4) is 0 Å². The van der Waals surface area contributed by atoms with Crippen molar-refractivity contribution in [1.29, 1.82) is 0 Å². The Hall–Kier alpha value is -3.74. The third-order valence-corrected chi connectivity index (χ3v) is 4.24. The Morgan fingerprint density at radius 2 is 1.93 bits per heavy atom.